The van der Waals surface area contributed by atoms with Gasteiger partial charge in [-0.3, -0.25) is 0 Å². The smallest absolute Gasteiger partial charge is 0.174 e. The summed E-state index contributed by atoms with van der Waals surface area (Å²) in [4.78, 5) is 0. The highest BCUT2D eigenvalue weighted by atomic mass is 19.1. The van der Waals surface area contributed by atoms with Crippen molar-refractivity contribution in [2.24, 2.45) is 0 Å². The van der Waals surface area contributed by atoms with Gasteiger partial charge in [0.05, 0.1) is 12.8 Å². The molecule has 0 bridgehead atoms. The second kappa shape index (κ2) is 6.82. The predicted molar refractivity (Wildman–Crippen MR) is 63.9 cm³/mol. The minimum Gasteiger partial charge on any atom is -0.494 e. The van der Waals surface area contributed by atoms with Gasteiger partial charge < -0.3 is 10.1 Å². The molecule has 1 aromatic carbocycles. The van der Waals surface area contributed by atoms with Crippen molar-refractivity contribution in [1.82, 2.24) is 0 Å². The van der Waals surface area contributed by atoms with Crippen molar-refractivity contribution in [1.29, 1.82) is 0 Å². The molecule has 0 aliphatic heterocycles. The molecule has 1 N–H and O–H groups in total. The Labute approximate surface area is 94.9 Å². The molecule has 0 radical (unpaired) electrons. The zero-order chi connectivity index (χ0) is 12.7. The molecule has 90 valence electrons. The van der Waals surface area contributed by atoms with Gasteiger partial charge in [-0.15, -0.1) is 0 Å². The fourth-order valence-electron chi connectivity index (χ4n) is 1.22. The largest absolute Gasteiger partial charge is 0.494 e. The molecule has 1 rings (SSSR count). The number of methoxy groups -OCH3 is 1. The van der Waals surface area contributed by atoms with Crippen LogP contribution in [0.1, 0.15) is 19.4 Å². The maximum Gasteiger partial charge on any atom is 0.174 e. The van der Waals surface area contributed by atoms with Crippen LogP contribution in [0.4, 0.5) is 14.5 Å². The summed E-state index contributed by atoms with van der Waals surface area (Å²) in [6.45, 7) is 7.41. The van der Waals surface area contributed by atoms with E-state index < -0.39 is 11.6 Å². The number of ether oxygens (including phenoxy) is 1. The van der Waals surface area contributed by atoms with E-state index in [0.29, 0.717) is 0 Å². The summed E-state index contributed by atoms with van der Waals surface area (Å²) >= 11 is 0. The lowest BCUT2D eigenvalue weighted by Gasteiger charge is -2.11. The van der Waals surface area contributed by atoms with E-state index in [-0.39, 0.29) is 17.0 Å². The van der Waals surface area contributed by atoms with Crippen LogP contribution in [0.5, 0.6) is 5.75 Å². The first kappa shape index (κ1) is 14.4. The van der Waals surface area contributed by atoms with Gasteiger partial charge in [0, 0.05) is 18.7 Å². The monoisotopic (exact) mass is 229 g/mol. The van der Waals surface area contributed by atoms with Crippen molar-refractivity contribution in [3.8, 4) is 5.75 Å². The number of hydrogen-bond donors (Lipinski definition) is 1. The lowest BCUT2D eigenvalue weighted by molar-refractivity contribution is 0.382. The van der Waals surface area contributed by atoms with Crippen LogP contribution in [0.2, 0.25) is 0 Å². The summed E-state index contributed by atoms with van der Waals surface area (Å²) in [5, 5.41) is 2.57. The predicted octanol–water partition coefficient (Wildman–Crippen LogP) is 3.68. The van der Waals surface area contributed by atoms with E-state index in [0.717, 1.165) is 6.07 Å². The maximum atomic E-state index is 13.5. The molecule has 0 saturated carbocycles. The third-order valence-corrected chi connectivity index (χ3v) is 1.89. The van der Waals surface area contributed by atoms with E-state index >= 15 is 0 Å². The van der Waals surface area contributed by atoms with Crippen LogP contribution >= 0.6 is 0 Å². The van der Waals surface area contributed by atoms with Gasteiger partial charge in [0.1, 0.15) is 0 Å². The lowest BCUT2D eigenvalue weighted by Crippen LogP contribution is -2.01. The van der Waals surface area contributed by atoms with E-state index in [1.54, 1.807) is 0 Å². The molecule has 1 aromatic rings. The first-order valence-electron chi connectivity index (χ1n) is 5.01. The Bertz CT molecular complexity index is 365. The summed E-state index contributed by atoms with van der Waals surface area (Å²) in [6.07, 6.45) is 1.24. The Morgan fingerprint density at radius 2 is 1.94 bits per heavy atom. The minimum absolute atomic E-state index is 0.0735. The van der Waals surface area contributed by atoms with Crippen LogP contribution in [-0.4, -0.2) is 14.2 Å². The van der Waals surface area contributed by atoms with Gasteiger partial charge in [0.2, 0.25) is 0 Å². The van der Waals surface area contributed by atoms with E-state index in [9.17, 15) is 8.78 Å². The molecule has 0 aliphatic rings. The summed E-state index contributed by atoms with van der Waals surface area (Å²) in [5.41, 5.74) is 0.155. The van der Waals surface area contributed by atoms with Crippen LogP contribution in [0.3, 0.4) is 0 Å². The van der Waals surface area contributed by atoms with Crippen LogP contribution in [0.15, 0.2) is 12.6 Å². The Morgan fingerprint density at radius 1 is 1.38 bits per heavy atom. The molecule has 0 unspecified atom stereocenters. The van der Waals surface area contributed by atoms with Crippen LogP contribution in [0, 0.1) is 11.6 Å². The average Bonchev–Trinajstić information content (AvgIpc) is 2.33. The number of hydrogen-bond acceptors (Lipinski definition) is 2. The lowest BCUT2D eigenvalue weighted by atomic mass is 10.1. The molecule has 0 amide bonds. The summed E-state index contributed by atoms with van der Waals surface area (Å²) in [6, 6.07) is 0.994. The molecule has 0 aliphatic carbocycles. The number of anilines is 1. The SMILES string of the molecule is C=Cc1c(F)c(OC)cc(F)c1NC.CC. The van der Waals surface area contributed by atoms with Gasteiger partial charge in [-0.2, -0.15) is 0 Å². The Morgan fingerprint density at radius 3 is 2.31 bits per heavy atom. The van der Waals surface area contributed by atoms with Crippen molar-refractivity contribution in [2.45, 2.75) is 13.8 Å². The first-order valence-corrected chi connectivity index (χ1v) is 5.01. The third kappa shape index (κ3) is 2.72. The normalized spacial score (nSPS) is 8.88. The standard InChI is InChI=1S/C10H11F2NO.C2H6/c1-4-6-9(12)8(14-3)5-7(11)10(6)13-2;1-2/h4-5,13H,1H2,2-3H3;1-2H3. The summed E-state index contributed by atoms with van der Waals surface area (Å²) in [5.74, 6) is -1.31. The fraction of sp³-hybridized carbons (Fsp3) is 0.333. The van der Waals surface area contributed by atoms with E-state index in [4.69, 9.17) is 0 Å². The van der Waals surface area contributed by atoms with E-state index in [1.807, 2.05) is 13.8 Å². The fourth-order valence-corrected chi connectivity index (χ4v) is 1.22. The van der Waals surface area contributed by atoms with E-state index in [1.165, 1.54) is 20.2 Å². The minimum atomic E-state index is -0.617. The van der Waals surface area contributed by atoms with Crippen molar-refractivity contribution in [3.63, 3.8) is 0 Å². The van der Waals surface area contributed by atoms with Gasteiger partial charge in [0.15, 0.2) is 17.4 Å². The maximum absolute atomic E-state index is 13.5. The van der Waals surface area contributed by atoms with Crippen LogP contribution < -0.4 is 10.1 Å². The Hall–Kier alpha value is -1.58. The highest BCUT2D eigenvalue weighted by Gasteiger charge is 2.15. The third-order valence-electron chi connectivity index (χ3n) is 1.89. The molecule has 16 heavy (non-hydrogen) atoms. The van der Waals surface area contributed by atoms with Crippen LogP contribution in [0.25, 0.3) is 6.08 Å². The van der Waals surface area contributed by atoms with Gasteiger partial charge >= 0.3 is 0 Å². The molecule has 4 heteroatoms. The van der Waals surface area contributed by atoms with Gasteiger partial charge in [-0.25, -0.2) is 8.78 Å². The van der Waals surface area contributed by atoms with Crippen molar-refractivity contribution < 1.29 is 13.5 Å². The highest BCUT2D eigenvalue weighted by molar-refractivity contribution is 5.68. The molecule has 0 spiro atoms. The van der Waals surface area contributed by atoms with Gasteiger partial charge in [0.25, 0.3) is 0 Å². The van der Waals surface area contributed by atoms with Gasteiger partial charge in [-0.1, -0.05) is 26.5 Å². The Balaban J connectivity index is 0.00000106. The second-order valence-corrected chi connectivity index (χ2v) is 2.62. The average molecular weight is 229 g/mol. The molecular formula is C12H17F2NO. The van der Waals surface area contributed by atoms with Crippen LogP contribution in [-0.2, 0) is 0 Å². The summed E-state index contributed by atoms with van der Waals surface area (Å²) < 4.78 is 31.5. The molecule has 2 nitrogen and oxygen atoms in total. The number of nitrogens with one attached hydrogen (secondary N) is 1. The quantitative estimate of drug-likeness (QED) is 0.853. The topological polar surface area (TPSA) is 21.3 Å². The van der Waals surface area contributed by atoms with Crippen molar-refractivity contribution >= 4 is 11.8 Å². The van der Waals surface area contributed by atoms with Gasteiger partial charge in [-0.05, 0) is 0 Å². The molecule has 0 aromatic heterocycles. The molecule has 0 saturated heterocycles. The number of rotatable bonds is 3. The highest BCUT2D eigenvalue weighted by Crippen LogP contribution is 2.30. The van der Waals surface area contributed by atoms with Crippen molar-refractivity contribution in [2.75, 3.05) is 19.5 Å². The molecule has 0 heterocycles. The Kier molecular flexibility index (Phi) is 6.15. The first-order chi connectivity index (χ1) is 7.65. The number of benzene rings is 1. The molecular weight excluding hydrogens is 212 g/mol. The zero-order valence-corrected chi connectivity index (χ0v) is 10.0. The molecule has 0 fully saturated rings. The zero-order valence-electron chi connectivity index (χ0n) is 10.0. The van der Waals surface area contributed by atoms with E-state index in [2.05, 4.69) is 16.6 Å². The molecule has 0 atom stereocenters. The van der Waals surface area contributed by atoms with Crippen molar-refractivity contribution in [3.05, 3.63) is 29.8 Å². The second-order valence-electron chi connectivity index (χ2n) is 2.62. The number of halogens is 2. The summed E-state index contributed by atoms with van der Waals surface area (Å²) in [7, 11) is 2.79.